The number of carbonyl (C=O) groups excluding carboxylic acids is 2. The summed E-state index contributed by atoms with van der Waals surface area (Å²) in [7, 11) is -3.11. The molecule has 0 aromatic heterocycles. The van der Waals surface area contributed by atoms with E-state index in [1.165, 1.54) is 36.4 Å². The number of nitrogens with zero attached hydrogens (tertiary/aromatic N) is 3. The number of carbonyl (C=O) groups is 2. The van der Waals surface area contributed by atoms with Crippen LogP contribution in [0.3, 0.4) is 0 Å². The first kappa shape index (κ1) is 20.2. The van der Waals surface area contributed by atoms with E-state index in [-0.39, 0.29) is 16.2 Å². The molecular formula is C16H18N4O6S. The van der Waals surface area contributed by atoms with Gasteiger partial charge in [0.1, 0.15) is 11.6 Å². The van der Waals surface area contributed by atoms with Crippen molar-refractivity contribution in [1.29, 1.82) is 5.26 Å². The molecule has 2 amide bonds. The van der Waals surface area contributed by atoms with E-state index in [0.717, 1.165) is 6.07 Å². The molecule has 1 fully saturated rings. The van der Waals surface area contributed by atoms with Crippen LogP contribution in [0.4, 0.5) is 10.5 Å². The molecule has 0 unspecified atom stereocenters. The molecule has 1 aliphatic heterocycles. The molecule has 1 aliphatic rings. The number of hydrogen-bond donors (Lipinski definition) is 2. The molecule has 1 aromatic rings. The van der Waals surface area contributed by atoms with Crippen molar-refractivity contribution in [2.75, 3.05) is 38.6 Å². The van der Waals surface area contributed by atoms with Crippen LogP contribution >= 0.6 is 0 Å². The van der Waals surface area contributed by atoms with E-state index in [0.29, 0.717) is 26.2 Å². The minimum absolute atomic E-state index is 0.117. The molecule has 2 N–H and O–H groups in total. The van der Waals surface area contributed by atoms with E-state index in [2.05, 4.69) is 10.1 Å². The number of rotatable bonds is 4. The summed E-state index contributed by atoms with van der Waals surface area (Å²) in [6.45, 7) is 1.62. The van der Waals surface area contributed by atoms with Crippen molar-refractivity contribution in [3.05, 3.63) is 36.0 Å². The van der Waals surface area contributed by atoms with Crippen LogP contribution in [0.2, 0.25) is 0 Å². The number of amides is 2. The molecule has 0 atom stereocenters. The zero-order valence-electron chi connectivity index (χ0n) is 14.5. The monoisotopic (exact) mass is 394 g/mol. The number of hydrogen-bond acceptors (Lipinski definition) is 7. The molecule has 2 rings (SSSR count). The van der Waals surface area contributed by atoms with Gasteiger partial charge in [0.05, 0.1) is 12.0 Å². The number of nitriles is 1. The van der Waals surface area contributed by atoms with Crippen LogP contribution in [0.15, 0.2) is 40.9 Å². The minimum Gasteiger partial charge on any atom is -0.453 e. The smallest absolute Gasteiger partial charge is 0.409 e. The van der Waals surface area contributed by atoms with E-state index in [1.807, 2.05) is 0 Å². The summed E-state index contributed by atoms with van der Waals surface area (Å²) in [4.78, 5) is 26.6. The summed E-state index contributed by atoms with van der Waals surface area (Å²) < 4.78 is 36.0. The second-order valence-electron chi connectivity index (χ2n) is 5.60. The number of nitrogens with one attached hydrogen (secondary N) is 1. The molecule has 1 saturated heterocycles. The second kappa shape index (κ2) is 8.52. The van der Waals surface area contributed by atoms with Gasteiger partial charge < -0.3 is 19.9 Å². The third kappa shape index (κ3) is 5.44. The molecule has 144 valence electrons. The number of ether oxygens (including phenoxy) is 1. The summed E-state index contributed by atoms with van der Waals surface area (Å²) in [5.74, 6) is -0.722. The molecule has 1 aromatic carbocycles. The van der Waals surface area contributed by atoms with E-state index in [1.54, 1.807) is 11.0 Å². The lowest BCUT2D eigenvalue weighted by Crippen LogP contribution is -2.47. The lowest BCUT2D eigenvalue weighted by atomic mass is 10.2. The maximum Gasteiger partial charge on any atom is 0.409 e. The molecule has 0 saturated carbocycles. The van der Waals surface area contributed by atoms with Crippen LogP contribution in [0.1, 0.15) is 0 Å². The standard InChI is InChI=1S/C16H18N4O6S/c1-26-16(22)20-7-5-19(6-8-20)11-12(10-17)15(21)18-13-3-2-4-14(9-13)27(23,24)25/h2-4,9,11H,5-8H2,1H3,(H,18,21)(H,23,24,25)/b12-11-. The average Bonchev–Trinajstić information content (AvgIpc) is 2.65. The van der Waals surface area contributed by atoms with Crippen LogP contribution < -0.4 is 5.32 Å². The van der Waals surface area contributed by atoms with Crippen LogP contribution in [0, 0.1) is 11.3 Å². The maximum absolute atomic E-state index is 12.3. The van der Waals surface area contributed by atoms with Gasteiger partial charge in [-0.15, -0.1) is 0 Å². The predicted molar refractivity (Wildman–Crippen MR) is 94.1 cm³/mol. The first-order chi connectivity index (χ1) is 12.7. The molecule has 0 bridgehead atoms. The van der Waals surface area contributed by atoms with Crippen LogP contribution in [-0.4, -0.2) is 68.1 Å². The van der Waals surface area contributed by atoms with Gasteiger partial charge in [0.15, 0.2) is 0 Å². The molecule has 1 heterocycles. The summed E-state index contributed by atoms with van der Waals surface area (Å²) in [5, 5.41) is 11.7. The van der Waals surface area contributed by atoms with Crippen molar-refractivity contribution in [3.8, 4) is 6.07 Å². The largest absolute Gasteiger partial charge is 0.453 e. The van der Waals surface area contributed by atoms with Gasteiger partial charge in [0.25, 0.3) is 16.0 Å². The van der Waals surface area contributed by atoms with Gasteiger partial charge in [-0.25, -0.2) is 4.79 Å². The normalized spacial score (nSPS) is 15.1. The third-order valence-corrected chi connectivity index (χ3v) is 4.66. The summed E-state index contributed by atoms with van der Waals surface area (Å²) in [6.07, 6.45) is 0.951. The van der Waals surface area contributed by atoms with Crippen LogP contribution in [0.25, 0.3) is 0 Å². The van der Waals surface area contributed by atoms with Crippen molar-refractivity contribution in [1.82, 2.24) is 9.80 Å². The highest BCUT2D eigenvalue weighted by molar-refractivity contribution is 7.85. The zero-order valence-corrected chi connectivity index (χ0v) is 15.3. The van der Waals surface area contributed by atoms with E-state index in [4.69, 9.17) is 4.55 Å². The Morgan fingerprint density at radius 1 is 1.30 bits per heavy atom. The maximum atomic E-state index is 12.3. The van der Waals surface area contributed by atoms with Gasteiger partial charge in [0.2, 0.25) is 0 Å². The Morgan fingerprint density at radius 3 is 2.52 bits per heavy atom. The molecule has 10 nitrogen and oxygen atoms in total. The van der Waals surface area contributed by atoms with Crippen molar-refractivity contribution < 1.29 is 27.3 Å². The molecule has 11 heteroatoms. The van der Waals surface area contributed by atoms with E-state index >= 15 is 0 Å². The highest BCUT2D eigenvalue weighted by atomic mass is 32.2. The summed E-state index contributed by atoms with van der Waals surface area (Å²) in [5.41, 5.74) is -0.0643. The van der Waals surface area contributed by atoms with Crippen molar-refractivity contribution in [2.45, 2.75) is 4.90 Å². The van der Waals surface area contributed by atoms with Crippen LogP contribution in [0.5, 0.6) is 0 Å². The van der Waals surface area contributed by atoms with Gasteiger partial charge in [-0.3, -0.25) is 9.35 Å². The van der Waals surface area contributed by atoms with Gasteiger partial charge in [-0.05, 0) is 18.2 Å². The van der Waals surface area contributed by atoms with Crippen molar-refractivity contribution >= 4 is 27.8 Å². The molecular weight excluding hydrogens is 376 g/mol. The Bertz CT molecular complexity index is 898. The Hall–Kier alpha value is -3.10. The quantitative estimate of drug-likeness (QED) is 0.431. The Labute approximate surface area is 156 Å². The lowest BCUT2D eigenvalue weighted by Gasteiger charge is -2.33. The highest BCUT2D eigenvalue weighted by Gasteiger charge is 2.21. The van der Waals surface area contributed by atoms with Gasteiger partial charge in [0, 0.05) is 38.1 Å². The molecule has 0 aliphatic carbocycles. The Kier molecular flexibility index (Phi) is 6.38. The third-order valence-electron chi connectivity index (χ3n) is 3.81. The first-order valence-corrected chi connectivity index (χ1v) is 9.26. The SMILES string of the molecule is COC(=O)N1CCN(/C=C(/C#N)C(=O)Nc2cccc(S(=O)(=O)O)c2)CC1. The van der Waals surface area contributed by atoms with Gasteiger partial charge in [-0.1, -0.05) is 6.07 Å². The lowest BCUT2D eigenvalue weighted by molar-refractivity contribution is -0.112. The van der Waals surface area contributed by atoms with Gasteiger partial charge >= 0.3 is 6.09 Å². The fourth-order valence-electron chi connectivity index (χ4n) is 2.42. The average molecular weight is 394 g/mol. The number of benzene rings is 1. The fourth-order valence-corrected chi connectivity index (χ4v) is 2.94. The summed E-state index contributed by atoms with van der Waals surface area (Å²) >= 11 is 0. The summed E-state index contributed by atoms with van der Waals surface area (Å²) in [6, 6.07) is 6.82. The van der Waals surface area contributed by atoms with E-state index in [9.17, 15) is 23.3 Å². The second-order valence-corrected chi connectivity index (χ2v) is 7.03. The minimum atomic E-state index is -4.41. The fraction of sp³-hybridized carbons (Fsp3) is 0.312. The Morgan fingerprint density at radius 2 is 1.96 bits per heavy atom. The topological polar surface area (TPSA) is 140 Å². The molecule has 0 radical (unpaired) electrons. The molecule has 0 spiro atoms. The Balaban J connectivity index is 2.05. The highest BCUT2D eigenvalue weighted by Crippen LogP contribution is 2.16. The predicted octanol–water partition coefficient (Wildman–Crippen LogP) is 0.663. The van der Waals surface area contributed by atoms with E-state index < -0.39 is 22.1 Å². The van der Waals surface area contributed by atoms with Crippen molar-refractivity contribution in [3.63, 3.8) is 0 Å². The van der Waals surface area contributed by atoms with Crippen LogP contribution in [-0.2, 0) is 19.6 Å². The first-order valence-electron chi connectivity index (χ1n) is 7.82. The number of piperazine rings is 1. The number of anilines is 1. The number of methoxy groups -OCH3 is 1. The zero-order chi connectivity index (χ0) is 20.0. The molecule has 27 heavy (non-hydrogen) atoms. The van der Waals surface area contributed by atoms with Gasteiger partial charge in [-0.2, -0.15) is 13.7 Å². The van der Waals surface area contributed by atoms with Crippen molar-refractivity contribution in [2.24, 2.45) is 0 Å².